The number of hydrogen-bond acceptors (Lipinski definition) is 4. The van der Waals surface area contributed by atoms with Gasteiger partial charge in [-0.2, -0.15) is 0 Å². The van der Waals surface area contributed by atoms with Gasteiger partial charge >= 0.3 is 0 Å². The van der Waals surface area contributed by atoms with E-state index < -0.39 is 0 Å². The van der Waals surface area contributed by atoms with E-state index in [0.29, 0.717) is 0 Å². The minimum absolute atomic E-state index is 0.150. The van der Waals surface area contributed by atoms with E-state index >= 15 is 0 Å². The molecule has 0 aliphatic rings. The summed E-state index contributed by atoms with van der Waals surface area (Å²) < 4.78 is 1.54. The Kier molecular flexibility index (Phi) is 2.90. The normalized spacial score (nSPS) is 10.2. The van der Waals surface area contributed by atoms with E-state index in [1.807, 2.05) is 30.3 Å². The molecule has 0 saturated carbocycles. The fraction of sp³-hybridized carbons (Fsp3) is 0.200. The molecule has 0 bridgehead atoms. The van der Waals surface area contributed by atoms with Crippen molar-refractivity contribution in [3.8, 4) is 11.3 Å². The van der Waals surface area contributed by atoms with Gasteiger partial charge in [0.15, 0.2) is 0 Å². The number of rotatable bonds is 4. The molecule has 6 heteroatoms. The van der Waals surface area contributed by atoms with E-state index in [-0.39, 0.29) is 18.0 Å². The van der Waals surface area contributed by atoms with Crippen LogP contribution in [0, 0.1) is 10.1 Å². The van der Waals surface area contributed by atoms with Crippen molar-refractivity contribution in [2.45, 2.75) is 6.54 Å². The maximum absolute atomic E-state index is 10.3. The van der Waals surface area contributed by atoms with Crippen LogP contribution in [0.15, 0.2) is 36.5 Å². The van der Waals surface area contributed by atoms with Gasteiger partial charge in [0.25, 0.3) is 0 Å². The molecule has 0 saturated heterocycles. The van der Waals surface area contributed by atoms with E-state index in [2.05, 4.69) is 10.3 Å². The van der Waals surface area contributed by atoms with Gasteiger partial charge in [-0.05, 0) is 0 Å². The van der Waals surface area contributed by atoms with Gasteiger partial charge in [0.05, 0.1) is 11.9 Å². The van der Waals surface area contributed by atoms with Crippen LogP contribution in [0.3, 0.4) is 0 Å². The first-order valence-corrected chi connectivity index (χ1v) is 4.83. The van der Waals surface area contributed by atoms with Crippen molar-refractivity contribution in [1.82, 2.24) is 15.0 Å². The van der Waals surface area contributed by atoms with Crippen LogP contribution in [0.1, 0.15) is 0 Å². The second-order valence-corrected chi connectivity index (χ2v) is 3.26. The highest BCUT2D eigenvalue weighted by Gasteiger charge is 2.08. The molecular weight excluding hydrogens is 208 g/mol. The largest absolute Gasteiger partial charge is 0.264 e. The van der Waals surface area contributed by atoms with E-state index in [1.54, 1.807) is 6.20 Å². The van der Waals surface area contributed by atoms with Crippen LogP contribution < -0.4 is 0 Å². The van der Waals surface area contributed by atoms with Gasteiger partial charge in [-0.15, -0.1) is 5.10 Å². The summed E-state index contributed by atoms with van der Waals surface area (Å²) in [5.41, 5.74) is 1.75. The maximum Gasteiger partial charge on any atom is 0.223 e. The first kappa shape index (κ1) is 10.3. The highest BCUT2D eigenvalue weighted by atomic mass is 16.6. The average molecular weight is 218 g/mol. The molecule has 1 aromatic heterocycles. The third-order valence-corrected chi connectivity index (χ3v) is 2.18. The van der Waals surface area contributed by atoms with Crippen molar-refractivity contribution in [2.24, 2.45) is 0 Å². The second-order valence-electron chi connectivity index (χ2n) is 3.26. The third kappa shape index (κ3) is 2.22. The lowest BCUT2D eigenvalue weighted by atomic mass is 10.2. The Morgan fingerprint density at radius 3 is 2.75 bits per heavy atom. The molecule has 1 aromatic carbocycles. The second kappa shape index (κ2) is 4.52. The summed E-state index contributed by atoms with van der Waals surface area (Å²) in [6.07, 6.45) is 1.61. The van der Waals surface area contributed by atoms with E-state index in [1.165, 1.54) is 4.68 Å². The fourth-order valence-electron chi connectivity index (χ4n) is 1.43. The van der Waals surface area contributed by atoms with Crippen LogP contribution >= 0.6 is 0 Å². The van der Waals surface area contributed by atoms with Crippen molar-refractivity contribution in [3.05, 3.63) is 46.6 Å². The molecule has 2 rings (SSSR count). The molecule has 0 fully saturated rings. The van der Waals surface area contributed by atoms with Crippen molar-refractivity contribution in [1.29, 1.82) is 0 Å². The summed E-state index contributed by atoms with van der Waals surface area (Å²) in [5.74, 6) is 0. The standard InChI is InChI=1S/C10H10N4O2/c15-14(16)7-6-13-10(8-11-12-13)9-4-2-1-3-5-9/h1-5,8H,6-7H2. The molecule has 0 N–H and O–H groups in total. The highest BCUT2D eigenvalue weighted by Crippen LogP contribution is 2.16. The van der Waals surface area contributed by atoms with Crippen molar-refractivity contribution < 1.29 is 4.92 Å². The Hall–Kier alpha value is -2.24. The molecule has 1 heterocycles. The Morgan fingerprint density at radius 1 is 1.31 bits per heavy atom. The quantitative estimate of drug-likeness (QED) is 0.571. The molecule has 16 heavy (non-hydrogen) atoms. The van der Waals surface area contributed by atoms with Crippen LogP contribution in [0.5, 0.6) is 0 Å². The number of benzene rings is 1. The van der Waals surface area contributed by atoms with Gasteiger partial charge in [0.2, 0.25) is 6.54 Å². The maximum atomic E-state index is 10.3. The zero-order chi connectivity index (χ0) is 11.4. The smallest absolute Gasteiger partial charge is 0.223 e. The summed E-state index contributed by atoms with van der Waals surface area (Å²) in [6.45, 7) is 0.0838. The lowest BCUT2D eigenvalue weighted by Crippen LogP contribution is -2.12. The third-order valence-electron chi connectivity index (χ3n) is 2.18. The molecule has 0 amide bonds. The lowest BCUT2D eigenvalue weighted by Gasteiger charge is -2.02. The van der Waals surface area contributed by atoms with Crippen LogP contribution in [0.25, 0.3) is 11.3 Å². The summed E-state index contributed by atoms with van der Waals surface area (Å²) in [4.78, 5) is 9.92. The molecule has 0 radical (unpaired) electrons. The fourth-order valence-corrected chi connectivity index (χ4v) is 1.43. The van der Waals surface area contributed by atoms with Gasteiger partial charge in [-0.3, -0.25) is 10.1 Å². The monoisotopic (exact) mass is 218 g/mol. The summed E-state index contributed by atoms with van der Waals surface area (Å²) in [6, 6.07) is 9.55. The molecule has 0 unspecified atom stereocenters. The Labute approximate surface area is 91.7 Å². The minimum Gasteiger partial charge on any atom is -0.264 e. The van der Waals surface area contributed by atoms with Gasteiger partial charge in [0, 0.05) is 10.5 Å². The summed E-state index contributed by atoms with van der Waals surface area (Å²) in [7, 11) is 0. The highest BCUT2D eigenvalue weighted by molar-refractivity contribution is 5.57. The summed E-state index contributed by atoms with van der Waals surface area (Å²) in [5, 5.41) is 17.9. The molecule has 0 atom stereocenters. The predicted molar refractivity (Wildman–Crippen MR) is 57.3 cm³/mol. The van der Waals surface area contributed by atoms with E-state index in [9.17, 15) is 10.1 Å². The first-order chi connectivity index (χ1) is 7.77. The predicted octanol–water partition coefficient (Wildman–Crippen LogP) is 1.22. The number of nitrogens with zero attached hydrogens (tertiary/aromatic N) is 4. The Balaban J connectivity index is 2.23. The van der Waals surface area contributed by atoms with Crippen molar-refractivity contribution in [3.63, 3.8) is 0 Å². The lowest BCUT2D eigenvalue weighted by molar-refractivity contribution is -0.481. The van der Waals surface area contributed by atoms with E-state index in [4.69, 9.17) is 0 Å². The molecule has 82 valence electrons. The van der Waals surface area contributed by atoms with Crippen molar-refractivity contribution in [2.75, 3.05) is 6.54 Å². The molecule has 0 aliphatic carbocycles. The van der Waals surface area contributed by atoms with Crippen LogP contribution in [-0.2, 0) is 6.54 Å². The average Bonchev–Trinajstić information content (AvgIpc) is 2.75. The Morgan fingerprint density at radius 2 is 2.06 bits per heavy atom. The van der Waals surface area contributed by atoms with Gasteiger partial charge in [0.1, 0.15) is 6.54 Å². The molecule has 2 aromatic rings. The van der Waals surface area contributed by atoms with Crippen LogP contribution in [0.4, 0.5) is 0 Å². The van der Waals surface area contributed by atoms with Crippen LogP contribution in [-0.4, -0.2) is 26.5 Å². The first-order valence-electron chi connectivity index (χ1n) is 4.83. The topological polar surface area (TPSA) is 73.8 Å². The zero-order valence-corrected chi connectivity index (χ0v) is 8.48. The number of aromatic nitrogens is 3. The summed E-state index contributed by atoms with van der Waals surface area (Å²) >= 11 is 0. The van der Waals surface area contributed by atoms with Crippen molar-refractivity contribution >= 4 is 0 Å². The van der Waals surface area contributed by atoms with Gasteiger partial charge in [-0.25, -0.2) is 4.68 Å². The molecule has 0 spiro atoms. The zero-order valence-electron chi connectivity index (χ0n) is 8.48. The minimum atomic E-state index is -0.365. The Bertz CT molecular complexity index is 481. The molecular formula is C10H10N4O2. The molecule has 6 nitrogen and oxygen atoms in total. The molecule has 0 aliphatic heterocycles. The number of nitro groups is 1. The van der Waals surface area contributed by atoms with Crippen LogP contribution in [0.2, 0.25) is 0 Å². The number of hydrogen-bond donors (Lipinski definition) is 0. The van der Waals surface area contributed by atoms with Gasteiger partial charge in [-0.1, -0.05) is 35.5 Å². The van der Waals surface area contributed by atoms with Gasteiger partial charge < -0.3 is 0 Å². The SMILES string of the molecule is O=[N+]([O-])CCn1nncc1-c1ccccc1. The van der Waals surface area contributed by atoms with E-state index in [0.717, 1.165) is 11.3 Å².